The van der Waals surface area contributed by atoms with Gasteiger partial charge in [-0.2, -0.15) is 0 Å². The monoisotopic (exact) mass is 284 g/mol. The number of aliphatic carboxylic acids is 1. The van der Waals surface area contributed by atoms with Crippen molar-refractivity contribution in [1.29, 1.82) is 0 Å². The number of carbonyl (C=O) groups excluding carboxylic acids is 1. The molecule has 0 aliphatic carbocycles. The lowest BCUT2D eigenvalue weighted by Crippen LogP contribution is -2.42. The normalized spacial score (nSPS) is 17.6. The van der Waals surface area contributed by atoms with E-state index < -0.39 is 5.97 Å². The number of carboxylic acid groups (broad SMARTS) is 1. The molecular weight excluding hydrogens is 256 g/mol. The third-order valence-corrected chi connectivity index (χ3v) is 3.70. The highest BCUT2D eigenvalue weighted by atomic mass is 16.4. The minimum Gasteiger partial charge on any atom is -0.481 e. The summed E-state index contributed by atoms with van der Waals surface area (Å²) in [4.78, 5) is 24.8. The Kier molecular flexibility index (Phi) is 7.41. The van der Waals surface area contributed by atoms with E-state index in [-0.39, 0.29) is 18.4 Å². The van der Waals surface area contributed by atoms with E-state index in [0.717, 1.165) is 32.4 Å². The first-order valence-electron chi connectivity index (χ1n) is 7.73. The lowest BCUT2D eigenvalue weighted by molar-refractivity contribution is -0.138. The van der Waals surface area contributed by atoms with Crippen molar-refractivity contribution in [1.82, 2.24) is 10.2 Å². The van der Waals surface area contributed by atoms with E-state index in [9.17, 15) is 9.59 Å². The molecule has 0 spiro atoms. The van der Waals surface area contributed by atoms with Gasteiger partial charge < -0.3 is 15.3 Å². The molecule has 0 saturated carbocycles. The second kappa shape index (κ2) is 8.82. The molecule has 0 aromatic carbocycles. The van der Waals surface area contributed by atoms with Crippen molar-refractivity contribution in [3.05, 3.63) is 0 Å². The third kappa shape index (κ3) is 6.78. The first-order chi connectivity index (χ1) is 9.49. The lowest BCUT2D eigenvalue weighted by atomic mass is 9.94. The van der Waals surface area contributed by atoms with E-state index in [1.54, 1.807) is 0 Å². The first kappa shape index (κ1) is 16.8. The number of rotatable bonds is 6. The third-order valence-electron chi connectivity index (χ3n) is 3.70. The Morgan fingerprint density at radius 2 is 1.75 bits per heavy atom. The summed E-state index contributed by atoms with van der Waals surface area (Å²) >= 11 is 0. The molecule has 1 heterocycles. The summed E-state index contributed by atoms with van der Waals surface area (Å²) in [5.41, 5.74) is 0. The summed E-state index contributed by atoms with van der Waals surface area (Å²) in [5, 5.41) is 11.8. The Hall–Kier alpha value is -1.26. The molecule has 1 aliphatic rings. The zero-order valence-electron chi connectivity index (χ0n) is 12.7. The van der Waals surface area contributed by atoms with Crippen molar-refractivity contribution >= 4 is 12.0 Å². The molecule has 0 radical (unpaired) electrons. The van der Waals surface area contributed by atoms with Gasteiger partial charge in [-0.05, 0) is 31.1 Å². The molecule has 1 saturated heterocycles. The molecule has 0 aromatic rings. The first-order valence-corrected chi connectivity index (χ1v) is 7.73. The van der Waals surface area contributed by atoms with Gasteiger partial charge in [0.25, 0.3) is 0 Å². The molecule has 1 atom stereocenters. The molecule has 5 nitrogen and oxygen atoms in total. The summed E-state index contributed by atoms with van der Waals surface area (Å²) in [6.07, 6.45) is 5.47. The van der Waals surface area contributed by atoms with Gasteiger partial charge in [0.05, 0.1) is 0 Å². The molecule has 1 fully saturated rings. The molecule has 0 bridgehead atoms. The Bertz CT molecular complexity index is 310. The molecule has 5 heteroatoms. The molecule has 1 rings (SSSR count). The van der Waals surface area contributed by atoms with E-state index in [2.05, 4.69) is 19.2 Å². The van der Waals surface area contributed by atoms with Gasteiger partial charge in [-0.25, -0.2) is 4.79 Å². The predicted molar refractivity (Wildman–Crippen MR) is 78.6 cm³/mol. The van der Waals surface area contributed by atoms with Gasteiger partial charge in [0.1, 0.15) is 0 Å². The van der Waals surface area contributed by atoms with Crippen LogP contribution in [0.1, 0.15) is 52.4 Å². The van der Waals surface area contributed by atoms with E-state index in [1.807, 2.05) is 4.90 Å². The highest BCUT2D eigenvalue weighted by molar-refractivity contribution is 5.74. The number of carbonyl (C=O) groups is 2. The van der Waals surface area contributed by atoms with Gasteiger partial charge >= 0.3 is 12.0 Å². The Labute approximate surface area is 121 Å². The fourth-order valence-corrected chi connectivity index (χ4v) is 2.77. The lowest BCUT2D eigenvalue weighted by Gasteiger charge is -2.23. The summed E-state index contributed by atoms with van der Waals surface area (Å²) in [5.74, 6) is -0.336. The minimum atomic E-state index is -0.792. The van der Waals surface area contributed by atoms with Crippen LogP contribution in [-0.4, -0.2) is 41.6 Å². The molecular formula is C15H28N2O3. The van der Waals surface area contributed by atoms with E-state index in [4.69, 9.17) is 5.11 Å². The van der Waals surface area contributed by atoms with Crippen LogP contribution in [0.25, 0.3) is 0 Å². The molecule has 2 amide bonds. The standard InChI is InChI=1S/C15H28N2O3/c1-12(2)9-13(10-14(18)19)11-16-15(20)17-7-5-3-4-6-8-17/h12-13H,3-11H2,1-2H3,(H,16,20)(H,18,19). The van der Waals surface area contributed by atoms with Crippen LogP contribution < -0.4 is 5.32 Å². The number of urea groups is 1. The van der Waals surface area contributed by atoms with Gasteiger partial charge in [0.2, 0.25) is 0 Å². The molecule has 116 valence electrons. The van der Waals surface area contributed by atoms with Crippen LogP contribution >= 0.6 is 0 Å². The highest BCUT2D eigenvalue weighted by Crippen LogP contribution is 2.15. The topological polar surface area (TPSA) is 69.6 Å². The van der Waals surface area contributed by atoms with E-state index >= 15 is 0 Å². The molecule has 2 N–H and O–H groups in total. The van der Waals surface area contributed by atoms with E-state index in [1.165, 1.54) is 12.8 Å². The maximum Gasteiger partial charge on any atom is 0.317 e. The predicted octanol–water partition coefficient (Wildman–Crippen LogP) is 2.71. The molecule has 1 unspecified atom stereocenters. The average molecular weight is 284 g/mol. The maximum absolute atomic E-state index is 12.1. The van der Waals surface area contributed by atoms with Crippen molar-refractivity contribution < 1.29 is 14.7 Å². The fraction of sp³-hybridized carbons (Fsp3) is 0.867. The highest BCUT2D eigenvalue weighted by Gasteiger charge is 2.19. The average Bonchev–Trinajstić information content (AvgIpc) is 2.63. The Morgan fingerprint density at radius 1 is 1.15 bits per heavy atom. The molecule has 1 aliphatic heterocycles. The fourth-order valence-electron chi connectivity index (χ4n) is 2.77. The van der Waals surface area contributed by atoms with Crippen molar-refractivity contribution in [2.45, 2.75) is 52.4 Å². The Balaban J connectivity index is 2.39. The van der Waals surface area contributed by atoms with Crippen LogP contribution in [0.5, 0.6) is 0 Å². The summed E-state index contributed by atoms with van der Waals surface area (Å²) in [6.45, 7) is 6.25. The van der Waals surface area contributed by atoms with Crippen molar-refractivity contribution in [2.24, 2.45) is 11.8 Å². The zero-order valence-corrected chi connectivity index (χ0v) is 12.7. The summed E-state index contributed by atoms with van der Waals surface area (Å²) in [7, 11) is 0. The van der Waals surface area contributed by atoms with Crippen molar-refractivity contribution in [3.8, 4) is 0 Å². The number of nitrogens with one attached hydrogen (secondary N) is 1. The number of nitrogens with zero attached hydrogens (tertiary/aromatic N) is 1. The minimum absolute atomic E-state index is 0.0171. The van der Waals surface area contributed by atoms with Crippen molar-refractivity contribution in [2.75, 3.05) is 19.6 Å². The van der Waals surface area contributed by atoms with Crippen LogP contribution in [-0.2, 0) is 4.79 Å². The van der Waals surface area contributed by atoms with Gasteiger partial charge in [-0.15, -0.1) is 0 Å². The maximum atomic E-state index is 12.1. The quantitative estimate of drug-likeness (QED) is 0.788. The number of amides is 2. The zero-order chi connectivity index (χ0) is 15.0. The molecule has 0 aromatic heterocycles. The summed E-state index contributed by atoms with van der Waals surface area (Å²) in [6, 6.07) is -0.0361. The van der Waals surface area contributed by atoms with Crippen molar-refractivity contribution in [3.63, 3.8) is 0 Å². The SMILES string of the molecule is CC(C)CC(CNC(=O)N1CCCCCC1)CC(=O)O. The summed E-state index contributed by atoms with van der Waals surface area (Å²) < 4.78 is 0. The number of likely N-dealkylation sites (tertiary alicyclic amines) is 1. The van der Waals surface area contributed by atoms with Gasteiger partial charge in [-0.3, -0.25) is 4.79 Å². The van der Waals surface area contributed by atoms with Gasteiger partial charge in [0, 0.05) is 26.1 Å². The van der Waals surface area contributed by atoms with Gasteiger partial charge in [-0.1, -0.05) is 26.7 Å². The number of carboxylic acids is 1. The molecule has 20 heavy (non-hydrogen) atoms. The largest absolute Gasteiger partial charge is 0.481 e. The van der Waals surface area contributed by atoms with Crippen LogP contribution in [0.2, 0.25) is 0 Å². The smallest absolute Gasteiger partial charge is 0.317 e. The van der Waals surface area contributed by atoms with E-state index in [0.29, 0.717) is 12.5 Å². The van der Waals surface area contributed by atoms with Crippen LogP contribution in [0, 0.1) is 11.8 Å². The number of hydrogen-bond acceptors (Lipinski definition) is 2. The van der Waals surface area contributed by atoms with Crippen LogP contribution in [0.15, 0.2) is 0 Å². The Morgan fingerprint density at radius 3 is 2.25 bits per heavy atom. The second-order valence-corrected chi connectivity index (χ2v) is 6.18. The van der Waals surface area contributed by atoms with Gasteiger partial charge in [0.15, 0.2) is 0 Å². The number of hydrogen-bond donors (Lipinski definition) is 2. The van der Waals surface area contributed by atoms with Crippen LogP contribution in [0.3, 0.4) is 0 Å². The second-order valence-electron chi connectivity index (χ2n) is 6.18. The van der Waals surface area contributed by atoms with Crippen LogP contribution in [0.4, 0.5) is 4.79 Å².